The fourth-order valence-corrected chi connectivity index (χ4v) is 3.49. The molecule has 0 aromatic heterocycles. The number of ether oxygens (including phenoxy) is 1. The van der Waals surface area contributed by atoms with E-state index in [9.17, 15) is 4.21 Å². The molecule has 1 unspecified atom stereocenters. The lowest BCUT2D eigenvalue weighted by atomic mass is 10.1. The molecule has 6 heteroatoms. The maximum Gasteiger partial charge on any atom is 0.123 e. The van der Waals surface area contributed by atoms with Crippen LogP contribution in [0, 0.1) is 11.3 Å². The van der Waals surface area contributed by atoms with E-state index in [2.05, 4.69) is 22.0 Å². The standard InChI is InChI=1S/C15H13BrN2O2S/c1-20-14-4-2-10(8-17)6-11(14)9-21(19)15-5-3-12(16)7-13(15)18/h2-7H,9,18H2,1H3. The lowest BCUT2D eigenvalue weighted by Gasteiger charge is -2.10. The first kappa shape index (κ1) is 15.5. The van der Waals surface area contributed by atoms with E-state index in [1.807, 2.05) is 0 Å². The second kappa shape index (κ2) is 6.74. The van der Waals surface area contributed by atoms with Gasteiger partial charge in [0.1, 0.15) is 5.75 Å². The van der Waals surface area contributed by atoms with Crippen molar-refractivity contribution in [3.63, 3.8) is 0 Å². The highest BCUT2D eigenvalue weighted by Crippen LogP contribution is 2.27. The number of halogens is 1. The zero-order valence-corrected chi connectivity index (χ0v) is 13.7. The highest BCUT2D eigenvalue weighted by Gasteiger charge is 2.13. The zero-order chi connectivity index (χ0) is 15.4. The van der Waals surface area contributed by atoms with Crippen LogP contribution in [-0.4, -0.2) is 11.3 Å². The van der Waals surface area contributed by atoms with Gasteiger partial charge in [-0.1, -0.05) is 15.9 Å². The summed E-state index contributed by atoms with van der Waals surface area (Å²) < 4.78 is 18.6. The van der Waals surface area contributed by atoms with Gasteiger partial charge in [0, 0.05) is 15.7 Å². The van der Waals surface area contributed by atoms with Crippen LogP contribution < -0.4 is 10.5 Å². The highest BCUT2D eigenvalue weighted by molar-refractivity contribution is 9.10. The molecule has 0 bridgehead atoms. The van der Waals surface area contributed by atoms with Gasteiger partial charge in [-0.05, 0) is 36.4 Å². The summed E-state index contributed by atoms with van der Waals surface area (Å²) in [5.41, 5.74) is 7.59. The minimum atomic E-state index is -1.31. The van der Waals surface area contributed by atoms with Gasteiger partial charge < -0.3 is 10.5 Å². The van der Waals surface area contributed by atoms with E-state index in [0.717, 1.165) is 10.0 Å². The summed E-state index contributed by atoms with van der Waals surface area (Å²) >= 11 is 3.32. The first-order valence-electron chi connectivity index (χ1n) is 6.05. The normalized spacial score (nSPS) is 11.7. The SMILES string of the molecule is COc1ccc(C#N)cc1CS(=O)c1ccc(Br)cc1N. The number of hydrogen-bond donors (Lipinski definition) is 1. The minimum Gasteiger partial charge on any atom is -0.496 e. The topological polar surface area (TPSA) is 76.1 Å². The summed E-state index contributed by atoms with van der Waals surface area (Å²) in [6, 6.07) is 12.4. The first-order chi connectivity index (χ1) is 10.0. The van der Waals surface area contributed by atoms with Crippen molar-refractivity contribution in [2.24, 2.45) is 0 Å². The largest absolute Gasteiger partial charge is 0.496 e. The van der Waals surface area contributed by atoms with Crippen LogP contribution >= 0.6 is 15.9 Å². The van der Waals surface area contributed by atoms with Crippen LogP contribution in [0.5, 0.6) is 5.75 Å². The van der Waals surface area contributed by atoms with Crippen molar-refractivity contribution in [3.8, 4) is 11.8 Å². The van der Waals surface area contributed by atoms with Crippen molar-refractivity contribution in [2.45, 2.75) is 10.6 Å². The number of nitrogens with zero attached hydrogens (tertiary/aromatic N) is 1. The fraction of sp³-hybridized carbons (Fsp3) is 0.133. The minimum absolute atomic E-state index is 0.241. The van der Waals surface area contributed by atoms with Crippen LogP contribution in [0.4, 0.5) is 5.69 Å². The van der Waals surface area contributed by atoms with Gasteiger partial charge in [-0.3, -0.25) is 4.21 Å². The van der Waals surface area contributed by atoms with Crippen LogP contribution in [0.2, 0.25) is 0 Å². The quantitative estimate of drug-likeness (QED) is 0.844. The van der Waals surface area contributed by atoms with E-state index in [4.69, 9.17) is 15.7 Å². The smallest absolute Gasteiger partial charge is 0.123 e. The number of nitrogen functional groups attached to an aromatic ring is 1. The zero-order valence-electron chi connectivity index (χ0n) is 11.3. The van der Waals surface area contributed by atoms with E-state index in [1.165, 1.54) is 0 Å². The Hall–Kier alpha value is -1.84. The molecule has 21 heavy (non-hydrogen) atoms. The number of nitriles is 1. The van der Waals surface area contributed by atoms with Crippen LogP contribution in [0.3, 0.4) is 0 Å². The fourth-order valence-electron chi connectivity index (χ4n) is 1.91. The Morgan fingerprint density at radius 2 is 2.10 bits per heavy atom. The van der Waals surface area contributed by atoms with Gasteiger partial charge in [0.05, 0.1) is 40.2 Å². The molecular formula is C15H13BrN2O2S. The van der Waals surface area contributed by atoms with Gasteiger partial charge in [-0.2, -0.15) is 5.26 Å². The van der Waals surface area contributed by atoms with Crippen molar-refractivity contribution in [3.05, 3.63) is 52.0 Å². The molecule has 2 aromatic carbocycles. The second-order valence-corrected chi connectivity index (χ2v) is 6.65. The molecule has 0 spiro atoms. The van der Waals surface area contributed by atoms with Crippen molar-refractivity contribution in [1.82, 2.24) is 0 Å². The third-order valence-corrected chi connectivity index (χ3v) is 4.84. The van der Waals surface area contributed by atoms with Gasteiger partial charge in [-0.15, -0.1) is 0 Å². The molecule has 0 aliphatic rings. The number of benzene rings is 2. The number of rotatable bonds is 4. The van der Waals surface area contributed by atoms with E-state index >= 15 is 0 Å². The summed E-state index contributed by atoms with van der Waals surface area (Å²) in [7, 11) is 0.232. The van der Waals surface area contributed by atoms with Crippen molar-refractivity contribution in [2.75, 3.05) is 12.8 Å². The maximum absolute atomic E-state index is 12.5. The predicted octanol–water partition coefficient (Wildman–Crippen LogP) is 3.22. The first-order valence-corrected chi connectivity index (χ1v) is 8.16. The number of hydrogen-bond acceptors (Lipinski definition) is 4. The Bertz CT molecular complexity index is 741. The van der Waals surface area contributed by atoms with Crippen LogP contribution in [0.25, 0.3) is 0 Å². The molecule has 0 aliphatic heterocycles. The Kier molecular flexibility index (Phi) is 4.99. The highest BCUT2D eigenvalue weighted by atomic mass is 79.9. The molecule has 0 amide bonds. The summed E-state index contributed by atoms with van der Waals surface area (Å²) in [6.45, 7) is 0. The lowest BCUT2D eigenvalue weighted by Crippen LogP contribution is -2.03. The molecular weight excluding hydrogens is 352 g/mol. The Morgan fingerprint density at radius 1 is 1.33 bits per heavy atom. The van der Waals surface area contributed by atoms with E-state index in [0.29, 0.717) is 21.9 Å². The molecule has 0 saturated carbocycles. The number of methoxy groups -OCH3 is 1. The molecule has 0 fully saturated rings. The average Bonchev–Trinajstić information content (AvgIpc) is 2.46. The van der Waals surface area contributed by atoms with Gasteiger partial charge in [-0.25, -0.2) is 0 Å². The van der Waals surface area contributed by atoms with Crippen molar-refractivity contribution in [1.29, 1.82) is 5.26 Å². The molecule has 2 aromatic rings. The molecule has 108 valence electrons. The van der Waals surface area contributed by atoms with E-state index < -0.39 is 10.8 Å². The number of nitrogens with two attached hydrogens (primary N) is 1. The molecule has 0 radical (unpaired) electrons. The molecule has 4 nitrogen and oxygen atoms in total. The Balaban J connectivity index is 2.33. The maximum atomic E-state index is 12.5. The molecule has 1 atom stereocenters. The second-order valence-electron chi connectivity index (χ2n) is 4.31. The van der Waals surface area contributed by atoms with Gasteiger partial charge in [0.2, 0.25) is 0 Å². The molecule has 0 aliphatic carbocycles. The third-order valence-electron chi connectivity index (χ3n) is 2.91. The van der Waals surface area contributed by atoms with Crippen molar-refractivity contribution >= 4 is 32.4 Å². The van der Waals surface area contributed by atoms with E-state index in [-0.39, 0.29) is 5.75 Å². The summed E-state index contributed by atoms with van der Waals surface area (Å²) in [6.07, 6.45) is 0. The molecule has 0 heterocycles. The Labute approximate surface area is 134 Å². The van der Waals surface area contributed by atoms with Gasteiger partial charge in [0.25, 0.3) is 0 Å². The summed E-state index contributed by atoms with van der Waals surface area (Å²) in [5.74, 6) is 0.850. The van der Waals surface area contributed by atoms with Crippen molar-refractivity contribution < 1.29 is 8.95 Å². The predicted molar refractivity (Wildman–Crippen MR) is 86.4 cm³/mol. The lowest BCUT2D eigenvalue weighted by molar-refractivity contribution is 0.411. The van der Waals surface area contributed by atoms with E-state index in [1.54, 1.807) is 43.5 Å². The third kappa shape index (κ3) is 3.63. The summed E-state index contributed by atoms with van der Waals surface area (Å²) in [5, 5.41) is 8.96. The molecule has 2 rings (SSSR count). The van der Waals surface area contributed by atoms with Gasteiger partial charge in [0.15, 0.2) is 0 Å². The number of anilines is 1. The monoisotopic (exact) mass is 364 g/mol. The summed E-state index contributed by atoms with van der Waals surface area (Å²) in [4.78, 5) is 0.572. The van der Waals surface area contributed by atoms with Gasteiger partial charge >= 0.3 is 0 Å². The Morgan fingerprint density at radius 3 is 2.71 bits per heavy atom. The van der Waals surface area contributed by atoms with Crippen LogP contribution in [-0.2, 0) is 16.6 Å². The molecule has 2 N–H and O–H groups in total. The molecule has 0 saturated heterocycles. The van der Waals surface area contributed by atoms with Crippen LogP contribution in [0.15, 0.2) is 45.8 Å². The van der Waals surface area contributed by atoms with Crippen LogP contribution in [0.1, 0.15) is 11.1 Å². The average molecular weight is 365 g/mol.